The van der Waals surface area contributed by atoms with E-state index in [-0.39, 0.29) is 23.1 Å². The second-order valence-corrected chi connectivity index (χ2v) is 10.6. The molecule has 2 heterocycles. The average Bonchev–Trinajstić information content (AvgIpc) is 3.28. The van der Waals surface area contributed by atoms with Gasteiger partial charge in [-0.1, -0.05) is 40.2 Å². The Morgan fingerprint density at radius 3 is 2.50 bits per heavy atom. The summed E-state index contributed by atoms with van der Waals surface area (Å²) in [5.41, 5.74) is 2.28. The van der Waals surface area contributed by atoms with E-state index in [0.717, 1.165) is 53.3 Å². The molecule has 1 fully saturated rings. The minimum atomic E-state index is 0.0131. The normalized spacial score (nSPS) is 15.0. The molecule has 0 bridgehead atoms. The van der Waals surface area contributed by atoms with Gasteiger partial charge in [0.1, 0.15) is 5.75 Å². The Balaban J connectivity index is 1.68. The molecule has 0 radical (unpaired) electrons. The Morgan fingerprint density at radius 1 is 1.16 bits per heavy atom. The third-order valence-electron chi connectivity index (χ3n) is 6.13. The van der Waals surface area contributed by atoms with E-state index in [2.05, 4.69) is 45.1 Å². The summed E-state index contributed by atoms with van der Waals surface area (Å²) < 4.78 is 5.60. The van der Waals surface area contributed by atoms with E-state index in [9.17, 15) is 9.59 Å². The Morgan fingerprint density at radius 2 is 1.88 bits per heavy atom. The zero-order valence-corrected chi connectivity index (χ0v) is 20.8. The van der Waals surface area contributed by atoms with Crippen molar-refractivity contribution in [2.24, 2.45) is 5.92 Å². The van der Waals surface area contributed by atoms with Gasteiger partial charge in [0, 0.05) is 36.0 Å². The number of nitrogens with zero attached hydrogens (tertiary/aromatic N) is 1. The standard InChI is InChI=1S/C26H36N2O3S/c1-6-7-14-27-24(29)18-12-15-28(16-13-18)25(30)23-11-10-22(32-23)20-17-19(26(2,3)4)8-9-21(20)31-5/h8-11,17-18H,6-7,12-16H2,1-5H3,(H,27,29). The van der Waals surface area contributed by atoms with E-state index >= 15 is 0 Å². The molecule has 2 aromatic rings. The lowest BCUT2D eigenvalue weighted by atomic mass is 9.86. The molecule has 1 saturated heterocycles. The van der Waals surface area contributed by atoms with Crippen LogP contribution in [0.25, 0.3) is 10.4 Å². The number of amides is 2. The molecule has 2 amide bonds. The van der Waals surface area contributed by atoms with Crippen LogP contribution in [0.4, 0.5) is 0 Å². The zero-order valence-electron chi connectivity index (χ0n) is 20.0. The first-order valence-electron chi connectivity index (χ1n) is 11.6. The number of methoxy groups -OCH3 is 1. The summed E-state index contributed by atoms with van der Waals surface area (Å²) in [5.74, 6) is 1.01. The second kappa shape index (κ2) is 10.5. The van der Waals surface area contributed by atoms with Gasteiger partial charge in [-0.15, -0.1) is 11.3 Å². The predicted octanol–water partition coefficient (Wildman–Crippen LogP) is 5.49. The summed E-state index contributed by atoms with van der Waals surface area (Å²) in [6, 6.07) is 10.2. The SMILES string of the molecule is CCCCNC(=O)C1CCN(C(=O)c2ccc(-c3cc(C(C)(C)C)ccc3OC)s2)CC1. The molecule has 1 aromatic carbocycles. The molecule has 6 heteroatoms. The average molecular weight is 457 g/mol. The van der Waals surface area contributed by atoms with Crippen LogP contribution in [-0.4, -0.2) is 43.5 Å². The molecule has 174 valence electrons. The van der Waals surface area contributed by atoms with Gasteiger partial charge in [0.2, 0.25) is 5.91 Å². The highest BCUT2D eigenvalue weighted by molar-refractivity contribution is 7.17. The lowest BCUT2D eigenvalue weighted by Crippen LogP contribution is -2.43. The number of carbonyl (C=O) groups is 2. The number of thiophene rings is 1. The van der Waals surface area contributed by atoms with Crippen LogP contribution < -0.4 is 10.1 Å². The molecule has 32 heavy (non-hydrogen) atoms. The summed E-state index contributed by atoms with van der Waals surface area (Å²) in [6.45, 7) is 10.7. The number of unbranched alkanes of at least 4 members (excludes halogenated alkanes) is 1. The fourth-order valence-electron chi connectivity index (χ4n) is 4.00. The molecule has 1 aliphatic heterocycles. The van der Waals surface area contributed by atoms with Crippen molar-refractivity contribution in [3.8, 4) is 16.2 Å². The highest BCUT2D eigenvalue weighted by Gasteiger charge is 2.28. The molecular weight excluding hydrogens is 420 g/mol. The lowest BCUT2D eigenvalue weighted by molar-refractivity contribution is -0.126. The van der Waals surface area contributed by atoms with E-state index in [1.165, 1.54) is 16.9 Å². The van der Waals surface area contributed by atoms with Gasteiger partial charge >= 0.3 is 0 Å². The maximum Gasteiger partial charge on any atom is 0.263 e. The van der Waals surface area contributed by atoms with Crippen molar-refractivity contribution in [3.05, 3.63) is 40.8 Å². The van der Waals surface area contributed by atoms with E-state index in [4.69, 9.17) is 4.74 Å². The van der Waals surface area contributed by atoms with Crippen LogP contribution in [0, 0.1) is 5.92 Å². The van der Waals surface area contributed by atoms with Crippen LogP contribution in [-0.2, 0) is 10.2 Å². The summed E-state index contributed by atoms with van der Waals surface area (Å²) in [6.07, 6.45) is 3.53. The van der Waals surface area contributed by atoms with E-state index in [1.807, 2.05) is 23.1 Å². The van der Waals surface area contributed by atoms with E-state index in [0.29, 0.717) is 13.1 Å². The number of hydrogen-bond acceptors (Lipinski definition) is 4. The molecule has 1 aromatic heterocycles. The van der Waals surface area contributed by atoms with Gasteiger partial charge in [-0.3, -0.25) is 9.59 Å². The molecule has 0 saturated carbocycles. The minimum absolute atomic E-state index is 0.0131. The zero-order chi connectivity index (χ0) is 23.3. The third kappa shape index (κ3) is 5.71. The van der Waals surface area contributed by atoms with Gasteiger partial charge in [0.05, 0.1) is 12.0 Å². The quantitative estimate of drug-likeness (QED) is 0.561. The molecule has 5 nitrogen and oxygen atoms in total. The highest BCUT2D eigenvalue weighted by Crippen LogP contribution is 2.38. The van der Waals surface area contributed by atoms with Crippen LogP contribution in [0.1, 0.15) is 68.6 Å². The van der Waals surface area contributed by atoms with Crippen LogP contribution in [0.15, 0.2) is 30.3 Å². The molecule has 3 rings (SSSR count). The first-order chi connectivity index (χ1) is 15.2. The first-order valence-corrected chi connectivity index (χ1v) is 12.4. The molecule has 1 N–H and O–H groups in total. The number of ether oxygens (including phenoxy) is 1. The Kier molecular flexibility index (Phi) is 7.99. The number of benzene rings is 1. The summed E-state index contributed by atoms with van der Waals surface area (Å²) in [5, 5.41) is 3.02. The first kappa shape index (κ1) is 24.3. The lowest BCUT2D eigenvalue weighted by Gasteiger charge is -2.31. The van der Waals surface area contributed by atoms with Crippen LogP contribution in [0.5, 0.6) is 5.75 Å². The highest BCUT2D eigenvalue weighted by atomic mass is 32.1. The third-order valence-corrected chi connectivity index (χ3v) is 7.24. The van der Waals surface area contributed by atoms with Crippen molar-refractivity contribution in [1.82, 2.24) is 10.2 Å². The van der Waals surface area contributed by atoms with Crippen molar-refractivity contribution in [1.29, 1.82) is 0 Å². The molecule has 1 aliphatic rings. The van der Waals surface area contributed by atoms with Crippen LogP contribution >= 0.6 is 11.3 Å². The molecule has 0 unspecified atom stereocenters. The minimum Gasteiger partial charge on any atom is -0.496 e. The fourth-order valence-corrected chi connectivity index (χ4v) is 4.99. The number of piperidine rings is 1. The van der Waals surface area contributed by atoms with Crippen molar-refractivity contribution >= 4 is 23.2 Å². The summed E-state index contributed by atoms with van der Waals surface area (Å²) in [7, 11) is 1.68. The number of rotatable bonds is 7. The number of hydrogen-bond donors (Lipinski definition) is 1. The van der Waals surface area contributed by atoms with Gasteiger partial charge < -0.3 is 15.0 Å². The van der Waals surface area contributed by atoms with Crippen LogP contribution in [0.2, 0.25) is 0 Å². The van der Waals surface area contributed by atoms with Crippen molar-refractivity contribution < 1.29 is 14.3 Å². The molecular formula is C26H36N2O3S. The Hall–Kier alpha value is -2.34. The van der Waals surface area contributed by atoms with Gasteiger partial charge in [0.15, 0.2) is 0 Å². The van der Waals surface area contributed by atoms with E-state index < -0.39 is 0 Å². The summed E-state index contributed by atoms with van der Waals surface area (Å²) >= 11 is 1.51. The monoisotopic (exact) mass is 456 g/mol. The smallest absolute Gasteiger partial charge is 0.263 e. The molecule has 0 atom stereocenters. The number of likely N-dealkylation sites (tertiary alicyclic amines) is 1. The van der Waals surface area contributed by atoms with Crippen LogP contribution in [0.3, 0.4) is 0 Å². The van der Waals surface area contributed by atoms with Gasteiger partial charge in [-0.05, 0) is 54.5 Å². The number of nitrogens with one attached hydrogen (secondary N) is 1. The second-order valence-electron chi connectivity index (χ2n) is 9.54. The number of carbonyl (C=O) groups excluding carboxylic acids is 2. The fraction of sp³-hybridized carbons (Fsp3) is 0.538. The summed E-state index contributed by atoms with van der Waals surface area (Å²) in [4.78, 5) is 29.1. The van der Waals surface area contributed by atoms with Gasteiger partial charge in [0.25, 0.3) is 5.91 Å². The maximum atomic E-state index is 13.1. The predicted molar refractivity (Wildman–Crippen MR) is 132 cm³/mol. The molecule has 0 aliphatic carbocycles. The Bertz CT molecular complexity index is 937. The van der Waals surface area contributed by atoms with Crippen molar-refractivity contribution in [3.63, 3.8) is 0 Å². The van der Waals surface area contributed by atoms with Crippen molar-refractivity contribution in [2.45, 2.75) is 58.8 Å². The van der Waals surface area contributed by atoms with Gasteiger partial charge in [-0.25, -0.2) is 0 Å². The Labute approximate surface area is 196 Å². The molecule has 0 spiro atoms. The maximum absolute atomic E-state index is 13.1. The topological polar surface area (TPSA) is 58.6 Å². The van der Waals surface area contributed by atoms with Gasteiger partial charge in [-0.2, -0.15) is 0 Å². The van der Waals surface area contributed by atoms with Crippen molar-refractivity contribution in [2.75, 3.05) is 26.7 Å². The largest absolute Gasteiger partial charge is 0.496 e. The van der Waals surface area contributed by atoms with E-state index in [1.54, 1.807) is 7.11 Å².